The fourth-order valence-corrected chi connectivity index (χ4v) is 2.86. The summed E-state index contributed by atoms with van der Waals surface area (Å²) < 4.78 is 2.13. The van der Waals surface area contributed by atoms with Crippen LogP contribution >= 0.6 is 22.9 Å². The average Bonchev–Trinajstić information content (AvgIpc) is 2.98. The van der Waals surface area contributed by atoms with Gasteiger partial charge in [-0.05, 0) is 30.7 Å². The molecule has 2 heterocycles. The van der Waals surface area contributed by atoms with Crippen LogP contribution in [0.25, 0.3) is 0 Å². The molecule has 7 heteroatoms. The summed E-state index contributed by atoms with van der Waals surface area (Å²) >= 11 is 7.30. The Labute approximate surface area is 124 Å². The molecule has 2 rings (SSSR count). The quantitative estimate of drug-likeness (QED) is 0.859. The van der Waals surface area contributed by atoms with Gasteiger partial charge in [-0.1, -0.05) is 11.6 Å². The van der Waals surface area contributed by atoms with Crippen molar-refractivity contribution in [3.05, 3.63) is 45.4 Å². The standard InChI is InChI=1S/C13H13ClN2O3S/c14-11-4-3-9(20-11)5-6-15-12(17)8-16-7-1-2-10(16)13(18)19/h1-4,7H,5-6,8H2,(H,15,17)(H,18,19). The fraction of sp³-hybridized carbons (Fsp3) is 0.231. The summed E-state index contributed by atoms with van der Waals surface area (Å²) in [7, 11) is 0. The highest BCUT2D eigenvalue weighted by atomic mass is 35.5. The van der Waals surface area contributed by atoms with E-state index in [1.165, 1.54) is 22.0 Å². The molecule has 106 valence electrons. The maximum absolute atomic E-state index is 11.7. The molecular weight excluding hydrogens is 300 g/mol. The zero-order chi connectivity index (χ0) is 14.5. The highest BCUT2D eigenvalue weighted by Crippen LogP contribution is 2.21. The minimum atomic E-state index is -1.05. The first kappa shape index (κ1) is 14.6. The van der Waals surface area contributed by atoms with E-state index < -0.39 is 5.97 Å². The van der Waals surface area contributed by atoms with Gasteiger partial charge in [-0.15, -0.1) is 11.3 Å². The molecule has 20 heavy (non-hydrogen) atoms. The van der Waals surface area contributed by atoms with Crippen molar-refractivity contribution in [1.82, 2.24) is 9.88 Å². The lowest BCUT2D eigenvalue weighted by molar-refractivity contribution is -0.121. The lowest BCUT2D eigenvalue weighted by Crippen LogP contribution is -2.30. The van der Waals surface area contributed by atoms with Gasteiger partial charge < -0.3 is 15.0 Å². The second-order valence-electron chi connectivity index (χ2n) is 4.13. The van der Waals surface area contributed by atoms with Crippen LogP contribution in [0.15, 0.2) is 30.5 Å². The molecular formula is C13H13ClN2O3S. The third kappa shape index (κ3) is 3.85. The van der Waals surface area contributed by atoms with Gasteiger partial charge in [0.2, 0.25) is 5.91 Å². The van der Waals surface area contributed by atoms with Crippen molar-refractivity contribution in [2.45, 2.75) is 13.0 Å². The number of aromatic carboxylic acids is 1. The van der Waals surface area contributed by atoms with Crippen molar-refractivity contribution in [2.24, 2.45) is 0 Å². The number of hydrogen-bond donors (Lipinski definition) is 2. The summed E-state index contributed by atoms with van der Waals surface area (Å²) in [6.45, 7) is 0.499. The summed E-state index contributed by atoms with van der Waals surface area (Å²) in [6, 6.07) is 6.81. The second kappa shape index (κ2) is 6.58. The molecule has 0 aliphatic heterocycles. The minimum absolute atomic E-state index is 0.000169. The van der Waals surface area contributed by atoms with Crippen molar-refractivity contribution in [1.29, 1.82) is 0 Å². The first-order valence-electron chi connectivity index (χ1n) is 5.95. The van der Waals surface area contributed by atoms with E-state index in [9.17, 15) is 9.59 Å². The van der Waals surface area contributed by atoms with Gasteiger partial charge in [0, 0.05) is 17.6 Å². The predicted octanol–water partition coefficient (Wildman–Crippen LogP) is 2.26. The van der Waals surface area contributed by atoms with Crippen molar-refractivity contribution >= 4 is 34.8 Å². The first-order valence-corrected chi connectivity index (χ1v) is 7.15. The van der Waals surface area contributed by atoms with Crippen LogP contribution in [0.5, 0.6) is 0 Å². The molecule has 0 aliphatic rings. The Bertz CT molecular complexity index is 621. The maximum atomic E-state index is 11.7. The smallest absolute Gasteiger partial charge is 0.352 e. The zero-order valence-corrected chi connectivity index (χ0v) is 12.1. The van der Waals surface area contributed by atoms with Gasteiger partial charge in [-0.25, -0.2) is 4.79 Å². The zero-order valence-electron chi connectivity index (χ0n) is 10.5. The van der Waals surface area contributed by atoms with E-state index >= 15 is 0 Å². The van der Waals surface area contributed by atoms with E-state index in [0.717, 1.165) is 9.21 Å². The number of halogens is 1. The lowest BCUT2D eigenvalue weighted by Gasteiger charge is -2.07. The summed E-state index contributed by atoms with van der Waals surface area (Å²) in [4.78, 5) is 23.7. The molecule has 0 aromatic carbocycles. The highest BCUT2D eigenvalue weighted by molar-refractivity contribution is 7.16. The molecule has 2 aromatic rings. The molecule has 0 fully saturated rings. The van der Waals surface area contributed by atoms with Crippen LogP contribution < -0.4 is 5.32 Å². The normalized spacial score (nSPS) is 10.4. The van der Waals surface area contributed by atoms with Gasteiger partial charge >= 0.3 is 5.97 Å². The molecule has 0 radical (unpaired) electrons. The number of thiophene rings is 1. The largest absolute Gasteiger partial charge is 0.477 e. The van der Waals surface area contributed by atoms with E-state index in [1.54, 1.807) is 12.3 Å². The Morgan fingerprint density at radius 1 is 1.35 bits per heavy atom. The van der Waals surface area contributed by atoms with Crippen molar-refractivity contribution in [3.8, 4) is 0 Å². The number of carboxylic acids is 1. The molecule has 0 atom stereocenters. The van der Waals surface area contributed by atoms with Gasteiger partial charge in [-0.3, -0.25) is 4.79 Å². The van der Waals surface area contributed by atoms with Crippen LogP contribution in [0.2, 0.25) is 4.34 Å². The second-order valence-corrected chi connectivity index (χ2v) is 5.93. The average molecular weight is 313 g/mol. The molecule has 0 aliphatic carbocycles. The van der Waals surface area contributed by atoms with Crippen LogP contribution in [0.3, 0.4) is 0 Å². The Morgan fingerprint density at radius 2 is 2.15 bits per heavy atom. The number of hydrogen-bond acceptors (Lipinski definition) is 3. The Hall–Kier alpha value is -1.79. The van der Waals surface area contributed by atoms with Crippen LogP contribution in [-0.4, -0.2) is 28.1 Å². The first-order chi connectivity index (χ1) is 9.56. The third-order valence-electron chi connectivity index (χ3n) is 2.69. The Kier molecular flexibility index (Phi) is 4.81. The van der Waals surface area contributed by atoms with Crippen molar-refractivity contribution in [3.63, 3.8) is 0 Å². The van der Waals surface area contributed by atoms with E-state index in [1.807, 2.05) is 12.1 Å². The number of amides is 1. The fourth-order valence-electron chi connectivity index (χ4n) is 1.77. The number of aromatic nitrogens is 1. The number of rotatable bonds is 6. The van der Waals surface area contributed by atoms with Gasteiger partial charge in [0.25, 0.3) is 0 Å². The number of nitrogens with zero attached hydrogens (tertiary/aromatic N) is 1. The molecule has 0 unspecified atom stereocenters. The lowest BCUT2D eigenvalue weighted by atomic mass is 10.3. The summed E-state index contributed by atoms with van der Waals surface area (Å²) in [5.74, 6) is -1.26. The van der Waals surface area contributed by atoms with Crippen molar-refractivity contribution in [2.75, 3.05) is 6.54 Å². The summed E-state index contributed by atoms with van der Waals surface area (Å²) in [5, 5.41) is 11.7. The SMILES string of the molecule is O=C(Cn1cccc1C(=O)O)NCCc1ccc(Cl)s1. The summed E-state index contributed by atoms with van der Waals surface area (Å²) in [5.41, 5.74) is 0.102. The minimum Gasteiger partial charge on any atom is -0.477 e. The van der Waals surface area contributed by atoms with Gasteiger partial charge in [-0.2, -0.15) is 0 Å². The topological polar surface area (TPSA) is 71.3 Å². The predicted molar refractivity (Wildman–Crippen MR) is 77.4 cm³/mol. The number of carboxylic acid groups (broad SMARTS) is 1. The van der Waals surface area contributed by atoms with Crippen LogP contribution in [0.4, 0.5) is 0 Å². The molecule has 0 bridgehead atoms. The van der Waals surface area contributed by atoms with Crippen LogP contribution in [0.1, 0.15) is 15.4 Å². The molecule has 0 spiro atoms. The summed E-state index contributed by atoms with van der Waals surface area (Å²) in [6.07, 6.45) is 2.28. The monoisotopic (exact) mass is 312 g/mol. The van der Waals surface area contributed by atoms with Gasteiger partial charge in [0.1, 0.15) is 12.2 Å². The van der Waals surface area contributed by atoms with Crippen LogP contribution in [-0.2, 0) is 17.8 Å². The van der Waals surface area contributed by atoms with Crippen molar-refractivity contribution < 1.29 is 14.7 Å². The molecule has 1 amide bonds. The van der Waals surface area contributed by atoms with E-state index in [-0.39, 0.29) is 18.1 Å². The third-order valence-corrected chi connectivity index (χ3v) is 3.98. The van der Waals surface area contributed by atoms with E-state index in [2.05, 4.69) is 5.32 Å². The Morgan fingerprint density at radius 3 is 2.80 bits per heavy atom. The molecule has 2 aromatic heterocycles. The van der Waals surface area contributed by atoms with Gasteiger partial charge in [0.15, 0.2) is 0 Å². The van der Waals surface area contributed by atoms with E-state index in [4.69, 9.17) is 16.7 Å². The van der Waals surface area contributed by atoms with Gasteiger partial charge in [0.05, 0.1) is 4.34 Å². The maximum Gasteiger partial charge on any atom is 0.352 e. The molecule has 0 saturated heterocycles. The molecule has 2 N–H and O–H groups in total. The van der Waals surface area contributed by atoms with Crippen LogP contribution in [0, 0.1) is 0 Å². The molecule has 0 saturated carbocycles. The Balaban J connectivity index is 1.80. The van der Waals surface area contributed by atoms with E-state index in [0.29, 0.717) is 13.0 Å². The number of carbonyl (C=O) groups excluding carboxylic acids is 1. The number of nitrogens with one attached hydrogen (secondary N) is 1. The molecule has 5 nitrogen and oxygen atoms in total. The number of carbonyl (C=O) groups is 2. The highest BCUT2D eigenvalue weighted by Gasteiger charge is 2.11.